The van der Waals surface area contributed by atoms with Gasteiger partial charge in [0.05, 0.1) is 12.7 Å². The number of aliphatic hydroxyl groups excluding tert-OH is 2. The molecule has 0 heterocycles. The van der Waals surface area contributed by atoms with Gasteiger partial charge in [0.25, 0.3) is 0 Å². The Balaban J connectivity index is 3.00. The summed E-state index contributed by atoms with van der Waals surface area (Å²) in [4.78, 5) is 2.12. The van der Waals surface area contributed by atoms with Gasteiger partial charge in [0.1, 0.15) is 0 Å². The monoisotopic (exact) mass is 176 g/mol. The van der Waals surface area contributed by atoms with Crippen molar-refractivity contribution in [2.45, 2.75) is 12.5 Å². The predicted molar refractivity (Wildman–Crippen MR) is 49.1 cm³/mol. The summed E-state index contributed by atoms with van der Waals surface area (Å²) >= 11 is 0. The summed E-state index contributed by atoms with van der Waals surface area (Å²) < 4.78 is 0. The zero-order chi connectivity index (χ0) is 9.40. The highest BCUT2D eigenvalue weighted by Gasteiger charge is 1.99. The molecule has 0 saturated heterocycles. The minimum Gasteiger partial charge on any atom is -0.394 e. The summed E-state index contributed by atoms with van der Waals surface area (Å²) in [6.45, 7) is 2.24. The summed E-state index contributed by atoms with van der Waals surface area (Å²) in [5, 5.41) is 20.5. The molecule has 0 rings (SSSR count). The number of hydrogen-bond donors (Lipinski definition) is 3. The lowest BCUT2D eigenvalue weighted by Gasteiger charge is -2.11. The van der Waals surface area contributed by atoms with Crippen LogP contribution >= 0.6 is 0 Å². The molecule has 0 fully saturated rings. The van der Waals surface area contributed by atoms with E-state index in [4.69, 9.17) is 10.2 Å². The third-order valence-electron chi connectivity index (χ3n) is 1.55. The van der Waals surface area contributed by atoms with Gasteiger partial charge in [-0.2, -0.15) is 0 Å². The van der Waals surface area contributed by atoms with Gasteiger partial charge in [-0.3, -0.25) is 0 Å². The van der Waals surface area contributed by atoms with Gasteiger partial charge in [0.15, 0.2) is 0 Å². The maximum atomic E-state index is 8.94. The highest BCUT2D eigenvalue weighted by molar-refractivity contribution is 4.57. The van der Waals surface area contributed by atoms with Crippen LogP contribution in [0.1, 0.15) is 6.42 Å². The first-order valence-electron chi connectivity index (χ1n) is 4.31. The van der Waals surface area contributed by atoms with Gasteiger partial charge in [0, 0.05) is 6.54 Å². The second kappa shape index (κ2) is 7.49. The second-order valence-corrected chi connectivity index (χ2v) is 3.20. The maximum absolute atomic E-state index is 8.94. The lowest BCUT2D eigenvalue weighted by Crippen LogP contribution is -2.31. The molecule has 0 aliphatic rings. The summed E-state index contributed by atoms with van der Waals surface area (Å²) in [6, 6.07) is 0. The molecule has 0 aromatic heterocycles. The summed E-state index contributed by atoms with van der Waals surface area (Å²) in [7, 11) is 4.06. The van der Waals surface area contributed by atoms with Crippen molar-refractivity contribution in [2.24, 2.45) is 0 Å². The molecule has 3 N–H and O–H groups in total. The largest absolute Gasteiger partial charge is 0.394 e. The average molecular weight is 176 g/mol. The molecular weight excluding hydrogens is 156 g/mol. The van der Waals surface area contributed by atoms with Gasteiger partial charge < -0.3 is 20.4 Å². The molecule has 4 heteroatoms. The van der Waals surface area contributed by atoms with Crippen LogP contribution in [0.3, 0.4) is 0 Å². The van der Waals surface area contributed by atoms with Crippen molar-refractivity contribution >= 4 is 0 Å². The van der Waals surface area contributed by atoms with E-state index >= 15 is 0 Å². The van der Waals surface area contributed by atoms with E-state index in [1.165, 1.54) is 0 Å². The van der Waals surface area contributed by atoms with E-state index in [-0.39, 0.29) is 6.61 Å². The van der Waals surface area contributed by atoms with Crippen LogP contribution in [0.2, 0.25) is 0 Å². The smallest absolute Gasteiger partial charge is 0.0894 e. The molecule has 0 aliphatic heterocycles. The van der Waals surface area contributed by atoms with Crippen LogP contribution in [0.5, 0.6) is 0 Å². The van der Waals surface area contributed by atoms with Crippen LogP contribution in [0.15, 0.2) is 0 Å². The Morgan fingerprint density at radius 3 is 2.58 bits per heavy atom. The summed E-state index contributed by atoms with van der Waals surface area (Å²) in [5.74, 6) is 0. The minimum atomic E-state index is -0.621. The molecule has 74 valence electrons. The Morgan fingerprint density at radius 1 is 1.42 bits per heavy atom. The van der Waals surface area contributed by atoms with Crippen LogP contribution in [0, 0.1) is 0 Å². The second-order valence-electron chi connectivity index (χ2n) is 3.20. The summed E-state index contributed by atoms with van der Waals surface area (Å²) in [5.41, 5.74) is 0. The fourth-order valence-electron chi connectivity index (χ4n) is 0.854. The molecule has 1 atom stereocenters. The third kappa shape index (κ3) is 7.94. The van der Waals surface area contributed by atoms with E-state index < -0.39 is 6.10 Å². The molecule has 0 bridgehead atoms. The van der Waals surface area contributed by atoms with E-state index in [2.05, 4.69) is 10.2 Å². The molecule has 0 saturated carbocycles. The first kappa shape index (κ1) is 11.8. The Hall–Kier alpha value is -0.160. The highest BCUT2D eigenvalue weighted by Crippen LogP contribution is 1.82. The first-order valence-corrected chi connectivity index (χ1v) is 4.31. The zero-order valence-corrected chi connectivity index (χ0v) is 7.95. The quantitative estimate of drug-likeness (QED) is 0.430. The van der Waals surface area contributed by atoms with Gasteiger partial charge >= 0.3 is 0 Å². The normalized spacial score (nSPS) is 13.8. The van der Waals surface area contributed by atoms with Crippen molar-refractivity contribution in [1.82, 2.24) is 10.2 Å². The number of nitrogens with one attached hydrogen (secondary N) is 1. The topological polar surface area (TPSA) is 55.7 Å². The molecule has 0 aromatic carbocycles. The zero-order valence-electron chi connectivity index (χ0n) is 7.95. The van der Waals surface area contributed by atoms with Crippen LogP contribution in [0.25, 0.3) is 0 Å². The lowest BCUT2D eigenvalue weighted by atomic mass is 10.3. The van der Waals surface area contributed by atoms with E-state index in [9.17, 15) is 0 Å². The van der Waals surface area contributed by atoms with Crippen molar-refractivity contribution in [3.8, 4) is 0 Å². The molecule has 12 heavy (non-hydrogen) atoms. The molecule has 1 unspecified atom stereocenters. The van der Waals surface area contributed by atoms with Crippen molar-refractivity contribution in [1.29, 1.82) is 0 Å². The van der Waals surface area contributed by atoms with Gasteiger partial charge in [-0.15, -0.1) is 0 Å². The summed E-state index contributed by atoms with van der Waals surface area (Å²) in [6.07, 6.45) is 0.440. The molecule has 0 radical (unpaired) electrons. The van der Waals surface area contributed by atoms with Crippen LogP contribution < -0.4 is 5.32 Å². The van der Waals surface area contributed by atoms with Gasteiger partial charge in [-0.05, 0) is 33.6 Å². The Labute approximate surface area is 74.2 Å². The van der Waals surface area contributed by atoms with Crippen LogP contribution in [0.4, 0.5) is 0 Å². The fraction of sp³-hybridized carbons (Fsp3) is 1.00. The highest BCUT2D eigenvalue weighted by atomic mass is 16.3. The third-order valence-corrected chi connectivity index (χ3v) is 1.55. The molecular formula is C8H20N2O2. The van der Waals surface area contributed by atoms with Crippen LogP contribution in [-0.4, -0.2) is 61.6 Å². The standard InChI is InChI=1S/C8H20N2O2/c1-10(2)5-3-4-9-6-8(12)7-11/h8-9,11-12H,3-7H2,1-2H3. The van der Waals surface area contributed by atoms with Gasteiger partial charge in [-0.1, -0.05) is 0 Å². The molecule has 0 spiro atoms. The van der Waals surface area contributed by atoms with Crippen molar-refractivity contribution < 1.29 is 10.2 Å². The average Bonchev–Trinajstić information content (AvgIpc) is 2.03. The van der Waals surface area contributed by atoms with Gasteiger partial charge in [-0.25, -0.2) is 0 Å². The molecule has 0 aliphatic carbocycles. The predicted octanol–water partition coefficient (Wildman–Crippen LogP) is -1.12. The maximum Gasteiger partial charge on any atom is 0.0894 e. The fourth-order valence-corrected chi connectivity index (χ4v) is 0.854. The Kier molecular flexibility index (Phi) is 7.39. The number of aliphatic hydroxyl groups is 2. The first-order chi connectivity index (χ1) is 5.66. The number of rotatable bonds is 7. The van der Waals surface area contributed by atoms with E-state index in [0.29, 0.717) is 6.54 Å². The van der Waals surface area contributed by atoms with Crippen LogP contribution in [-0.2, 0) is 0 Å². The molecule has 4 nitrogen and oxygen atoms in total. The number of hydrogen-bond acceptors (Lipinski definition) is 4. The van der Waals surface area contributed by atoms with E-state index in [0.717, 1.165) is 19.5 Å². The lowest BCUT2D eigenvalue weighted by molar-refractivity contribution is 0.0944. The van der Waals surface area contributed by atoms with E-state index in [1.54, 1.807) is 0 Å². The SMILES string of the molecule is CN(C)CCCNCC(O)CO. The molecule has 0 aromatic rings. The Bertz CT molecular complexity index is 99.1. The van der Waals surface area contributed by atoms with Gasteiger partial charge in [0.2, 0.25) is 0 Å². The van der Waals surface area contributed by atoms with E-state index in [1.807, 2.05) is 14.1 Å². The van der Waals surface area contributed by atoms with Crippen molar-refractivity contribution in [3.05, 3.63) is 0 Å². The Morgan fingerprint density at radius 2 is 2.08 bits per heavy atom. The minimum absolute atomic E-state index is 0.166. The molecule has 0 amide bonds. The van der Waals surface area contributed by atoms with Crippen molar-refractivity contribution in [2.75, 3.05) is 40.3 Å². The number of nitrogens with zero attached hydrogens (tertiary/aromatic N) is 1. The van der Waals surface area contributed by atoms with Crippen molar-refractivity contribution in [3.63, 3.8) is 0 Å².